The number of benzene rings is 1. The van der Waals surface area contributed by atoms with Gasteiger partial charge in [-0.05, 0) is 6.07 Å². The predicted octanol–water partition coefficient (Wildman–Crippen LogP) is 3.13. The minimum absolute atomic E-state index is 0.0915. The molecule has 0 saturated carbocycles. The summed E-state index contributed by atoms with van der Waals surface area (Å²) in [6, 6.07) is 13.1. The van der Waals surface area contributed by atoms with Crippen LogP contribution in [0, 0.1) is 11.3 Å². The SMILES string of the molecule is N#Cc1c(Cl)nc(-c2ncccn2)nc1-c1ccccc1. The van der Waals surface area contributed by atoms with Crippen molar-refractivity contribution < 1.29 is 0 Å². The maximum atomic E-state index is 9.28. The third kappa shape index (κ3) is 2.57. The molecule has 0 atom stereocenters. The second-order valence-corrected chi connectivity index (χ2v) is 4.47. The Bertz CT molecular complexity index is 813. The lowest BCUT2D eigenvalue weighted by Gasteiger charge is -2.07. The molecule has 0 aliphatic heterocycles. The second-order valence-electron chi connectivity index (χ2n) is 4.11. The second kappa shape index (κ2) is 5.65. The van der Waals surface area contributed by atoms with Crippen LogP contribution in [0.25, 0.3) is 22.9 Å². The van der Waals surface area contributed by atoms with Crippen LogP contribution in [0.5, 0.6) is 0 Å². The summed E-state index contributed by atoms with van der Waals surface area (Å²) >= 11 is 6.11. The van der Waals surface area contributed by atoms with Gasteiger partial charge in [-0.25, -0.2) is 19.9 Å². The Morgan fingerprint density at radius 3 is 2.29 bits per heavy atom. The quantitative estimate of drug-likeness (QED) is 0.679. The summed E-state index contributed by atoms with van der Waals surface area (Å²) in [5.74, 6) is 0.652. The van der Waals surface area contributed by atoms with E-state index in [-0.39, 0.29) is 10.7 Å². The molecule has 0 saturated heterocycles. The number of nitrogens with zero attached hydrogens (tertiary/aromatic N) is 5. The number of aromatic nitrogens is 4. The largest absolute Gasteiger partial charge is 0.234 e. The minimum Gasteiger partial charge on any atom is -0.234 e. The maximum Gasteiger partial charge on any atom is 0.199 e. The van der Waals surface area contributed by atoms with Crippen molar-refractivity contribution in [3.8, 4) is 29.0 Å². The summed E-state index contributed by atoms with van der Waals surface area (Å²) in [5.41, 5.74) is 1.50. The average molecular weight is 294 g/mol. The van der Waals surface area contributed by atoms with E-state index in [4.69, 9.17) is 11.6 Å². The third-order valence-electron chi connectivity index (χ3n) is 2.79. The molecule has 0 aliphatic rings. The molecule has 0 aliphatic carbocycles. The summed E-state index contributed by atoms with van der Waals surface area (Å²) in [7, 11) is 0. The van der Waals surface area contributed by atoms with E-state index in [0.29, 0.717) is 17.3 Å². The van der Waals surface area contributed by atoms with Gasteiger partial charge in [-0.2, -0.15) is 5.26 Å². The van der Waals surface area contributed by atoms with Crippen LogP contribution in [-0.2, 0) is 0 Å². The molecule has 0 N–H and O–H groups in total. The van der Waals surface area contributed by atoms with Gasteiger partial charge in [-0.15, -0.1) is 0 Å². The van der Waals surface area contributed by atoms with Gasteiger partial charge in [0.1, 0.15) is 11.6 Å². The Morgan fingerprint density at radius 2 is 1.62 bits per heavy atom. The van der Waals surface area contributed by atoms with E-state index in [1.54, 1.807) is 18.5 Å². The predicted molar refractivity (Wildman–Crippen MR) is 78.2 cm³/mol. The minimum atomic E-state index is 0.0915. The zero-order valence-corrected chi connectivity index (χ0v) is 11.5. The van der Waals surface area contributed by atoms with Gasteiger partial charge in [0.2, 0.25) is 0 Å². The van der Waals surface area contributed by atoms with Crippen LogP contribution in [0.15, 0.2) is 48.8 Å². The molecule has 21 heavy (non-hydrogen) atoms. The molecule has 5 nitrogen and oxygen atoms in total. The summed E-state index contributed by atoms with van der Waals surface area (Å²) in [4.78, 5) is 16.7. The molecule has 0 unspecified atom stereocenters. The number of hydrogen-bond acceptors (Lipinski definition) is 5. The summed E-state index contributed by atoms with van der Waals surface area (Å²) in [5, 5.41) is 9.37. The van der Waals surface area contributed by atoms with Crippen molar-refractivity contribution in [2.45, 2.75) is 0 Å². The summed E-state index contributed by atoms with van der Waals surface area (Å²) < 4.78 is 0. The molecule has 2 heterocycles. The van der Waals surface area contributed by atoms with E-state index in [2.05, 4.69) is 19.9 Å². The van der Waals surface area contributed by atoms with Crippen molar-refractivity contribution in [2.24, 2.45) is 0 Å². The molecule has 3 rings (SSSR count). The highest BCUT2D eigenvalue weighted by Gasteiger charge is 2.16. The van der Waals surface area contributed by atoms with Gasteiger partial charge < -0.3 is 0 Å². The van der Waals surface area contributed by atoms with Crippen LogP contribution in [-0.4, -0.2) is 19.9 Å². The van der Waals surface area contributed by atoms with Crippen molar-refractivity contribution >= 4 is 11.6 Å². The number of nitriles is 1. The Kier molecular flexibility index (Phi) is 3.54. The van der Waals surface area contributed by atoms with Crippen LogP contribution in [0.1, 0.15) is 5.56 Å². The molecule has 0 radical (unpaired) electrons. The van der Waals surface area contributed by atoms with Gasteiger partial charge in [0.05, 0.1) is 5.69 Å². The highest BCUT2D eigenvalue weighted by atomic mass is 35.5. The molecule has 0 fully saturated rings. The number of rotatable bonds is 2. The molecular formula is C15H8ClN5. The molecule has 0 spiro atoms. The van der Waals surface area contributed by atoms with Gasteiger partial charge in [-0.3, -0.25) is 0 Å². The number of hydrogen-bond donors (Lipinski definition) is 0. The van der Waals surface area contributed by atoms with Gasteiger partial charge >= 0.3 is 0 Å². The maximum absolute atomic E-state index is 9.28. The molecule has 100 valence electrons. The molecule has 6 heteroatoms. The lowest BCUT2D eigenvalue weighted by Crippen LogP contribution is -2.00. The first kappa shape index (κ1) is 13.2. The zero-order chi connectivity index (χ0) is 14.7. The topological polar surface area (TPSA) is 75.3 Å². The van der Waals surface area contributed by atoms with Crippen LogP contribution in [0.2, 0.25) is 5.15 Å². The summed E-state index contributed by atoms with van der Waals surface area (Å²) in [6.45, 7) is 0. The van der Waals surface area contributed by atoms with Crippen molar-refractivity contribution in [2.75, 3.05) is 0 Å². The fourth-order valence-electron chi connectivity index (χ4n) is 1.85. The lowest BCUT2D eigenvalue weighted by molar-refractivity contribution is 1.08. The van der Waals surface area contributed by atoms with Crippen molar-refractivity contribution in [3.05, 3.63) is 59.5 Å². The van der Waals surface area contributed by atoms with Crippen molar-refractivity contribution in [1.82, 2.24) is 19.9 Å². The Hall–Kier alpha value is -2.84. The molecule has 1 aromatic carbocycles. The summed E-state index contributed by atoms with van der Waals surface area (Å²) in [6.07, 6.45) is 3.19. The Balaban J connectivity index is 2.24. The van der Waals surface area contributed by atoms with Gasteiger partial charge in [0.15, 0.2) is 16.8 Å². The van der Waals surface area contributed by atoms with Gasteiger partial charge in [0, 0.05) is 18.0 Å². The highest BCUT2D eigenvalue weighted by molar-refractivity contribution is 6.31. The molecule has 0 amide bonds. The molecule has 2 aromatic heterocycles. The van der Waals surface area contributed by atoms with Crippen LogP contribution >= 0.6 is 11.6 Å². The average Bonchev–Trinajstić information content (AvgIpc) is 2.55. The van der Waals surface area contributed by atoms with E-state index in [1.165, 1.54) is 0 Å². The van der Waals surface area contributed by atoms with E-state index < -0.39 is 0 Å². The first-order valence-electron chi connectivity index (χ1n) is 6.10. The molecule has 0 bridgehead atoms. The zero-order valence-electron chi connectivity index (χ0n) is 10.7. The normalized spacial score (nSPS) is 10.1. The Labute approximate surface area is 125 Å². The lowest BCUT2D eigenvalue weighted by atomic mass is 10.1. The first-order valence-corrected chi connectivity index (χ1v) is 6.48. The monoisotopic (exact) mass is 293 g/mol. The smallest absolute Gasteiger partial charge is 0.199 e. The molecule has 3 aromatic rings. The Morgan fingerprint density at radius 1 is 0.905 bits per heavy atom. The third-order valence-corrected chi connectivity index (χ3v) is 3.06. The van der Waals surface area contributed by atoms with E-state index in [0.717, 1.165) is 5.56 Å². The van der Waals surface area contributed by atoms with Gasteiger partial charge in [-0.1, -0.05) is 41.9 Å². The fourth-order valence-corrected chi connectivity index (χ4v) is 2.06. The van der Waals surface area contributed by atoms with E-state index in [9.17, 15) is 5.26 Å². The van der Waals surface area contributed by atoms with E-state index in [1.807, 2.05) is 36.4 Å². The van der Waals surface area contributed by atoms with Crippen molar-refractivity contribution in [1.29, 1.82) is 5.26 Å². The first-order chi connectivity index (χ1) is 10.3. The standard InChI is InChI=1S/C15H8ClN5/c16-13-11(9-17)12(10-5-2-1-3-6-10)20-15(21-13)14-18-7-4-8-19-14/h1-8H. The van der Waals surface area contributed by atoms with Crippen molar-refractivity contribution in [3.63, 3.8) is 0 Å². The fraction of sp³-hybridized carbons (Fsp3) is 0. The number of halogens is 1. The highest BCUT2D eigenvalue weighted by Crippen LogP contribution is 2.27. The van der Waals surface area contributed by atoms with E-state index >= 15 is 0 Å². The van der Waals surface area contributed by atoms with Gasteiger partial charge in [0.25, 0.3) is 0 Å². The molecular weight excluding hydrogens is 286 g/mol. The van der Waals surface area contributed by atoms with Crippen LogP contribution < -0.4 is 0 Å². The van der Waals surface area contributed by atoms with Crippen LogP contribution in [0.3, 0.4) is 0 Å². The van der Waals surface area contributed by atoms with Crippen LogP contribution in [0.4, 0.5) is 0 Å².